The van der Waals surface area contributed by atoms with Crippen LogP contribution in [0.5, 0.6) is 5.75 Å². The summed E-state index contributed by atoms with van der Waals surface area (Å²) < 4.78 is 7.64. The van der Waals surface area contributed by atoms with Crippen LogP contribution in [-0.2, 0) is 20.1 Å². The van der Waals surface area contributed by atoms with Gasteiger partial charge >= 0.3 is 0 Å². The molecule has 0 saturated heterocycles. The van der Waals surface area contributed by atoms with Gasteiger partial charge in [-0.25, -0.2) is 0 Å². The summed E-state index contributed by atoms with van der Waals surface area (Å²) in [4.78, 5) is 6.39. The molecule has 28 heavy (non-hydrogen) atoms. The lowest BCUT2D eigenvalue weighted by molar-refractivity contribution is 0.218. The Kier molecular flexibility index (Phi) is 5.35. The molecule has 0 saturated carbocycles. The summed E-state index contributed by atoms with van der Waals surface area (Å²) in [5, 5.41) is 15.8. The molecule has 146 valence electrons. The van der Waals surface area contributed by atoms with Gasteiger partial charge < -0.3 is 9.84 Å². The standard InChI is InChI=1S/C21H23ClN4O2/c1-14-18(21(22)25(2)24-14)13-26-8-9-28-19-6-5-15(10-17(19)12-26)20(27)16-4-3-7-23-11-16/h3-7,10-11,20,27H,8-9,12-13H2,1-2H3. The molecule has 4 rings (SSSR count). The maximum atomic E-state index is 10.7. The van der Waals surface area contributed by atoms with E-state index in [1.807, 2.05) is 44.3 Å². The smallest absolute Gasteiger partial charge is 0.131 e. The summed E-state index contributed by atoms with van der Waals surface area (Å²) >= 11 is 6.41. The highest BCUT2D eigenvalue weighted by molar-refractivity contribution is 6.30. The van der Waals surface area contributed by atoms with Gasteiger partial charge in [-0.1, -0.05) is 23.7 Å². The minimum absolute atomic E-state index is 0.606. The lowest BCUT2D eigenvalue weighted by Gasteiger charge is -2.20. The second-order valence-corrected chi connectivity index (χ2v) is 7.45. The van der Waals surface area contributed by atoms with Crippen molar-refractivity contribution in [3.8, 4) is 5.75 Å². The van der Waals surface area contributed by atoms with Gasteiger partial charge in [0.25, 0.3) is 0 Å². The van der Waals surface area contributed by atoms with Crippen LogP contribution in [0.15, 0.2) is 42.7 Å². The van der Waals surface area contributed by atoms with Gasteiger partial charge in [0.05, 0.1) is 5.69 Å². The number of rotatable bonds is 4. The largest absolute Gasteiger partial charge is 0.492 e. The minimum Gasteiger partial charge on any atom is -0.492 e. The van der Waals surface area contributed by atoms with Crippen molar-refractivity contribution in [1.82, 2.24) is 19.7 Å². The molecule has 2 aromatic heterocycles. The van der Waals surface area contributed by atoms with E-state index in [2.05, 4.69) is 15.0 Å². The summed E-state index contributed by atoms with van der Waals surface area (Å²) in [7, 11) is 1.85. The molecular weight excluding hydrogens is 376 g/mol. The fourth-order valence-electron chi connectivity index (χ4n) is 3.58. The molecule has 0 fully saturated rings. The van der Waals surface area contributed by atoms with Crippen LogP contribution in [-0.4, -0.2) is 37.9 Å². The highest BCUT2D eigenvalue weighted by atomic mass is 35.5. The van der Waals surface area contributed by atoms with Crippen molar-refractivity contribution in [2.24, 2.45) is 7.05 Å². The van der Waals surface area contributed by atoms with Crippen LogP contribution in [0.1, 0.15) is 34.1 Å². The summed E-state index contributed by atoms with van der Waals surface area (Å²) in [5.74, 6) is 0.860. The predicted octanol–water partition coefficient (Wildman–Crippen LogP) is 3.25. The maximum absolute atomic E-state index is 10.7. The molecule has 1 aliphatic rings. The van der Waals surface area contributed by atoms with Gasteiger partial charge in [-0.3, -0.25) is 14.6 Å². The number of halogens is 1. The predicted molar refractivity (Wildman–Crippen MR) is 107 cm³/mol. The lowest BCUT2D eigenvalue weighted by Crippen LogP contribution is -2.25. The average molecular weight is 399 g/mol. The Hall–Kier alpha value is -2.41. The molecule has 1 unspecified atom stereocenters. The number of pyridine rings is 1. The van der Waals surface area contributed by atoms with E-state index in [0.29, 0.717) is 24.8 Å². The Bertz CT molecular complexity index is 974. The van der Waals surface area contributed by atoms with Gasteiger partial charge in [-0.15, -0.1) is 0 Å². The van der Waals surface area contributed by atoms with E-state index in [0.717, 1.165) is 40.2 Å². The fraction of sp³-hybridized carbons (Fsp3) is 0.333. The molecule has 7 heteroatoms. The topological polar surface area (TPSA) is 63.4 Å². The first-order valence-electron chi connectivity index (χ1n) is 9.27. The number of nitrogens with zero attached hydrogens (tertiary/aromatic N) is 4. The quantitative estimate of drug-likeness (QED) is 0.730. The molecule has 0 aliphatic carbocycles. The number of aryl methyl sites for hydroxylation is 2. The highest BCUT2D eigenvalue weighted by Crippen LogP contribution is 2.30. The number of fused-ring (bicyclic) bond motifs is 1. The molecule has 0 amide bonds. The van der Waals surface area contributed by atoms with Gasteiger partial charge in [-0.2, -0.15) is 5.10 Å². The van der Waals surface area contributed by atoms with Crippen LogP contribution in [0.4, 0.5) is 0 Å². The number of aliphatic hydroxyl groups is 1. The molecule has 6 nitrogen and oxygen atoms in total. The van der Waals surface area contributed by atoms with Gasteiger partial charge in [0, 0.05) is 55.8 Å². The normalized spacial score (nSPS) is 15.6. The van der Waals surface area contributed by atoms with Crippen LogP contribution in [0.2, 0.25) is 5.15 Å². The Balaban J connectivity index is 1.58. The van der Waals surface area contributed by atoms with Crippen molar-refractivity contribution < 1.29 is 9.84 Å². The van der Waals surface area contributed by atoms with Crippen molar-refractivity contribution in [3.05, 3.63) is 75.8 Å². The first-order chi connectivity index (χ1) is 13.5. The molecule has 0 bridgehead atoms. The summed E-state index contributed by atoms with van der Waals surface area (Å²) in [6.45, 7) is 4.80. The van der Waals surface area contributed by atoms with E-state index >= 15 is 0 Å². The molecule has 3 heterocycles. The van der Waals surface area contributed by atoms with Gasteiger partial charge in [0.1, 0.15) is 23.6 Å². The highest BCUT2D eigenvalue weighted by Gasteiger charge is 2.21. The van der Waals surface area contributed by atoms with Gasteiger partial charge in [-0.05, 0) is 30.7 Å². The third-order valence-corrected chi connectivity index (χ3v) is 5.58. The van der Waals surface area contributed by atoms with Gasteiger partial charge in [0.2, 0.25) is 0 Å². The van der Waals surface area contributed by atoms with Crippen molar-refractivity contribution in [3.63, 3.8) is 0 Å². The first-order valence-corrected chi connectivity index (χ1v) is 9.64. The number of hydrogen-bond acceptors (Lipinski definition) is 5. The zero-order valence-electron chi connectivity index (χ0n) is 16.0. The number of aliphatic hydroxyl groups excluding tert-OH is 1. The second-order valence-electron chi connectivity index (χ2n) is 7.09. The summed E-state index contributed by atoms with van der Waals surface area (Å²) in [6.07, 6.45) is 2.67. The van der Waals surface area contributed by atoms with Crippen molar-refractivity contribution in [2.45, 2.75) is 26.1 Å². The first kappa shape index (κ1) is 18.9. The Labute approximate surface area is 169 Å². The molecule has 0 radical (unpaired) electrons. The number of hydrogen-bond donors (Lipinski definition) is 1. The molecular formula is C21H23ClN4O2. The molecule has 1 aromatic carbocycles. The SMILES string of the molecule is Cc1nn(C)c(Cl)c1CN1CCOc2ccc(C(O)c3cccnc3)cc2C1. The monoisotopic (exact) mass is 398 g/mol. The second kappa shape index (κ2) is 7.91. The number of benzene rings is 1. The van der Waals surface area contributed by atoms with E-state index in [1.165, 1.54) is 0 Å². The zero-order valence-corrected chi connectivity index (χ0v) is 16.7. The maximum Gasteiger partial charge on any atom is 0.131 e. The van der Waals surface area contributed by atoms with E-state index < -0.39 is 6.10 Å². The van der Waals surface area contributed by atoms with Crippen molar-refractivity contribution >= 4 is 11.6 Å². The molecule has 3 aromatic rings. The lowest BCUT2D eigenvalue weighted by atomic mass is 10.00. The number of ether oxygens (including phenoxy) is 1. The molecule has 1 aliphatic heterocycles. The van der Waals surface area contributed by atoms with Crippen molar-refractivity contribution in [1.29, 1.82) is 0 Å². The Morgan fingerprint density at radius 2 is 2.14 bits per heavy atom. The Morgan fingerprint density at radius 3 is 2.86 bits per heavy atom. The molecule has 1 atom stereocenters. The van der Waals surface area contributed by atoms with Crippen LogP contribution < -0.4 is 4.74 Å². The third kappa shape index (κ3) is 3.76. The zero-order chi connectivity index (χ0) is 19.7. The Morgan fingerprint density at radius 1 is 1.29 bits per heavy atom. The van der Waals surface area contributed by atoms with Crippen LogP contribution >= 0.6 is 11.6 Å². The summed E-state index contributed by atoms with van der Waals surface area (Å²) in [6, 6.07) is 9.57. The van der Waals surface area contributed by atoms with Crippen LogP contribution in [0.3, 0.4) is 0 Å². The number of aromatic nitrogens is 3. The van der Waals surface area contributed by atoms with Gasteiger partial charge in [0.15, 0.2) is 0 Å². The van der Waals surface area contributed by atoms with E-state index in [-0.39, 0.29) is 0 Å². The van der Waals surface area contributed by atoms with E-state index in [9.17, 15) is 5.11 Å². The van der Waals surface area contributed by atoms with E-state index in [1.54, 1.807) is 17.1 Å². The average Bonchev–Trinajstić information content (AvgIpc) is 2.87. The summed E-state index contributed by atoms with van der Waals surface area (Å²) in [5.41, 5.74) is 4.63. The van der Waals surface area contributed by atoms with Crippen LogP contribution in [0.25, 0.3) is 0 Å². The van der Waals surface area contributed by atoms with Crippen LogP contribution in [0, 0.1) is 6.92 Å². The fourth-order valence-corrected chi connectivity index (χ4v) is 3.82. The third-order valence-electron chi connectivity index (χ3n) is 5.11. The molecule has 0 spiro atoms. The van der Waals surface area contributed by atoms with E-state index in [4.69, 9.17) is 16.3 Å². The molecule has 1 N–H and O–H groups in total. The van der Waals surface area contributed by atoms with Crippen molar-refractivity contribution in [2.75, 3.05) is 13.2 Å². The minimum atomic E-state index is -0.717.